The van der Waals surface area contributed by atoms with Crippen molar-refractivity contribution in [1.82, 2.24) is 51.6 Å². The standard InChI is InChI=1S/C81H114N12O22/c1-10-77(110)36-45-37-80(75(108)113-8,64-48(26-31-91(38-45)42-77)47-21-15-16-22-51(47)83-64)50-33-49-57(34-60(50)112-7)90(6)73-79(49)28-32-92-29-18-27-78(11-2,72(79)92)74(81(73,111)76(109)114-9)115-71(107)59(99)35-58(98)62(43(3)4)88-67(103)54(40-95)85-65(101)52(24-25-61(82)100)84-70(106)63(46-19-13-12-14-20-46)89-68(104)55(41-96)86-66(102)53(39-94)87-69(105)56-23-17-30-93(56)44(5)97/h15-16,18,21-22,27,33-34,43,45-46,52-56,59,62-63,72-74,83,94-96,99,110-111H,10-14,17,19-20,23-26,28-32,35-42H2,1-9H3,(H2,82,100)(H,84,106)(H,85,101)(H,86,102)(H,87,105)(H,88,103)(H,89,104)/t45?,52-,53-,54-,55-,56-,59?,62-,63?,72?,73?,74+,77-,78+,79?,80-,81-/m0/s1. The monoisotopic (exact) mass is 1610 g/mol. The number of aliphatic hydroxyl groups excluding tert-OH is 4. The lowest BCUT2D eigenvalue weighted by atomic mass is 9.47. The number of anilines is 1. The van der Waals surface area contributed by atoms with Gasteiger partial charge in [-0.1, -0.05) is 77.3 Å². The van der Waals surface area contributed by atoms with Crippen LogP contribution in [0.15, 0.2) is 48.6 Å². The predicted octanol–water partition coefficient (Wildman–Crippen LogP) is -1.31. The number of H-pyrrole nitrogens is 1. The van der Waals surface area contributed by atoms with E-state index in [0.29, 0.717) is 126 Å². The summed E-state index contributed by atoms with van der Waals surface area (Å²) in [6.07, 6.45) is 3.04. The van der Waals surface area contributed by atoms with Gasteiger partial charge in [-0.2, -0.15) is 0 Å². The zero-order valence-corrected chi connectivity index (χ0v) is 67.0. The maximum absolute atomic E-state index is 15.7. The van der Waals surface area contributed by atoms with Gasteiger partial charge < -0.3 is 102 Å². The number of primary amides is 1. The first kappa shape index (κ1) is 86.7. The van der Waals surface area contributed by atoms with Gasteiger partial charge in [0.2, 0.25) is 52.9 Å². The highest BCUT2D eigenvalue weighted by Gasteiger charge is 2.81. The normalized spacial score (nSPS) is 28.7. The van der Waals surface area contributed by atoms with Crippen LogP contribution in [0.3, 0.4) is 0 Å². The number of hydrogen-bond donors (Lipinski definition) is 14. The molecule has 2 aromatic carbocycles. The summed E-state index contributed by atoms with van der Waals surface area (Å²) in [5, 5.41) is 85.2. The number of carbonyl (C=O) groups is 12. The zero-order valence-electron chi connectivity index (χ0n) is 67.0. The van der Waals surface area contributed by atoms with Gasteiger partial charge in [0, 0.05) is 110 Å². The molecule has 3 aromatic rings. The van der Waals surface area contributed by atoms with Crippen LogP contribution in [0.1, 0.15) is 153 Å². The minimum absolute atomic E-state index is 0.108. The molecule has 34 nitrogen and oxygen atoms in total. The summed E-state index contributed by atoms with van der Waals surface area (Å²) in [5.74, 6) is -13.0. The molecule has 630 valence electrons. The SMILES string of the molecule is CC[C@]1(O)CC2CN(CCc3c([nH]c4ccccc34)[C@@](C(=O)OC)(c3cc4c(cc3OC)N(C)C3C45CCN4CC=C[C@](CC)(C45)[C@@H](OC(=O)C(O)CC(=O)[C@@H](NC(=O)[C@H](CO)NC(=O)[C@H](CCC(N)=O)NC(=O)C(NC(=O)[C@H](CO)NC(=O)[C@H](CO)NC(=O)[C@@H]4CCCN4C(C)=O)C4CCCCC4)C(C)C)[C@]3(O)C(=O)OC)C2)C1. The number of aromatic nitrogens is 1. The fourth-order valence-electron chi connectivity index (χ4n) is 20.6. The van der Waals surface area contributed by atoms with Crippen molar-refractivity contribution in [2.75, 3.05) is 92.4 Å². The Balaban J connectivity index is 0.827. The third kappa shape index (κ3) is 16.2. The van der Waals surface area contributed by atoms with Crippen molar-refractivity contribution in [2.45, 2.75) is 226 Å². The van der Waals surface area contributed by atoms with Crippen molar-refractivity contribution >= 4 is 87.5 Å². The Morgan fingerprint density at radius 2 is 1.37 bits per heavy atom. The molecule has 1 aromatic heterocycles. The maximum atomic E-state index is 15.7. The summed E-state index contributed by atoms with van der Waals surface area (Å²) in [6.45, 7) is 7.74. The molecule has 8 amide bonds. The van der Waals surface area contributed by atoms with E-state index in [1.54, 1.807) is 18.0 Å². The number of likely N-dealkylation sites (N-methyl/N-ethyl adjacent to an activating group) is 1. The summed E-state index contributed by atoms with van der Waals surface area (Å²) < 4.78 is 24.5. The van der Waals surface area contributed by atoms with E-state index in [9.17, 15) is 73.8 Å². The van der Waals surface area contributed by atoms with E-state index in [1.165, 1.54) is 39.9 Å². The maximum Gasteiger partial charge on any atom is 0.344 e. The number of aliphatic hydroxyl groups is 6. The van der Waals surface area contributed by atoms with Gasteiger partial charge in [0.05, 0.1) is 58.8 Å². The third-order valence-electron chi connectivity index (χ3n) is 25.9. The van der Waals surface area contributed by atoms with Crippen molar-refractivity contribution in [3.05, 3.63) is 70.9 Å². The minimum atomic E-state index is -2.80. The Labute approximate surface area is 667 Å². The Kier molecular flexibility index (Phi) is 26.6. The van der Waals surface area contributed by atoms with Crippen molar-refractivity contribution < 1.29 is 107 Å². The van der Waals surface area contributed by atoms with Crippen LogP contribution in [-0.4, -0.2) is 287 Å². The van der Waals surface area contributed by atoms with E-state index < -0.39 is 210 Å². The van der Waals surface area contributed by atoms with Gasteiger partial charge >= 0.3 is 17.9 Å². The van der Waals surface area contributed by atoms with Crippen LogP contribution in [-0.2, 0) is 89.0 Å². The number of Topliss-reactive ketones (excluding diaryl/α,β-unsaturated/α-hetero) is 1. The molecule has 15 N–H and O–H groups in total. The van der Waals surface area contributed by atoms with Crippen LogP contribution < -0.4 is 47.3 Å². The van der Waals surface area contributed by atoms with Gasteiger partial charge in [0.25, 0.3) is 0 Å². The number of carbonyl (C=O) groups excluding carboxylic acids is 12. The number of ether oxygens (including phenoxy) is 4. The van der Waals surface area contributed by atoms with Gasteiger partial charge in [-0.3, -0.25) is 57.7 Å². The second kappa shape index (κ2) is 35.3. The molecule has 7 unspecified atom stereocenters. The number of rotatable bonds is 31. The molecular weight excluding hydrogens is 1490 g/mol. The van der Waals surface area contributed by atoms with E-state index in [-0.39, 0.29) is 30.4 Å². The highest BCUT2D eigenvalue weighted by molar-refractivity contribution is 6.00. The lowest BCUT2D eigenvalue weighted by Crippen LogP contribution is -2.81. The largest absolute Gasteiger partial charge is 0.496 e. The van der Waals surface area contributed by atoms with E-state index in [1.807, 2.05) is 56.3 Å². The molecule has 1 spiro atoms. The van der Waals surface area contributed by atoms with Gasteiger partial charge in [0.1, 0.15) is 47.4 Å². The summed E-state index contributed by atoms with van der Waals surface area (Å²) in [7, 11) is 5.64. The van der Waals surface area contributed by atoms with E-state index >= 15 is 14.4 Å². The third-order valence-corrected chi connectivity index (χ3v) is 25.9. The molecule has 3 saturated heterocycles. The Hall–Kier alpha value is -9.16. The molecular formula is C81H114N12O22. The second-order valence-corrected chi connectivity index (χ2v) is 33.0. The zero-order chi connectivity index (χ0) is 83.6. The number of para-hydroxylation sites is 1. The number of methoxy groups -OCH3 is 3. The predicted molar refractivity (Wildman–Crippen MR) is 413 cm³/mol. The molecule has 8 aliphatic rings. The summed E-state index contributed by atoms with van der Waals surface area (Å²) in [6, 6.07) is -1.33. The van der Waals surface area contributed by atoms with Crippen molar-refractivity contribution in [3.63, 3.8) is 0 Å². The van der Waals surface area contributed by atoms with Crippen LogP contribution in [0.2, 0.25) is 0 Å². The molecule has 11 rings (SSSR count). The van der Waals surface area contributed by atoms with E-state index in [4.69, 9.17) is 24.7 Å². The molecule has 6 aliphatic heterocycles. The molecule has 34 heteroatoms. The number of hydrogen-bond acceptors (Lipinski definition) is 25. The summed E-state index contributed by atoms with van der Waals surface area (Å²) in [4.78, 5) is 180. The minimum Gasteiger partial charge on any atom is -0.496 e. The number of piperidine rings is 1. The van der Waals surface area contributed by atoms with Crippen LogP contribution in [0.5, 0.6) is 5.75 Å². The molecule has 2 aliphatic carbocycles. The van der Waals surface area contributed by atoms with Crippen LogP contribution in [0, 0.1) is 23.2 Å². The van der Waals surface area contributed by atoms with Crippen molar-refractivity contribution in [1.29, 1.82) is 0 Å². The van der Waals surface area contributed by atoms with Crippen LogP contribution >= 0.6 is 0 Å². The van der Waals surface area contributed by atoms with Gasteiger partial charge in [0.15, 0.2) is 18.0 Å². The van der Waals surface area contributed by atoms with Crippen molar-refractivity contribution in [2.24, 2.45) is 28.9 Å². The quantitative estimate of drug-likeness (QED) is 0.0202. The fourth-order valence-corrected chi connectivity index (χ4v) is 20.6. The van der Waals surface area contributed by atoms with Gasteiger partial charge in [-0.15, -0.1) is 0 Å². The number of ketones is 1. The second-order valence-electron chi connectivity index (χ2n) is 33.0. The Bertz CT molecular complexity index is 4240. The molecule has 18 atom stereocenters. The lowest BCUT2D eigenvalue weighted by molar-refractivity contribution is -0.232. The Morgan fingerprint density at radius 3 is 1.99 bits per heavy atom. The fraction of sp³-hybridized carbons (Fsp3) is 0.654. The van der Waals surface area contributed by atoms with Crippen LogP contribution in [0.4, 0.5) is 5.69 Å². The molecule has 7 heterocycles. The van der Waals surface area contributed by atoms with Gasteiger partial charge in [-0.25, -0.2) is 9.59 Å². The number of nitrogens with one attached hydrogen (secondary N) is 7. The number of fused-ring (bicyclic) bond motifs is 6. The molecule has 0 radical (unpaired) electrons. The number of aromatic amines is 1. The van der Waals surface area contributed by atoms with Crippen LogP contribution in [0.25, 0.3) is 10.9 Å². The number of esters is 3. The smallest absolute Gasteiger partial charge is 0.344 e. The molecule has 2 saturated carbocycles. The lowest BCUT2D eigenvalue weighted by Gasteiger charge is -2.63. The average molecular weight is 1610 g/mol. The average Bonchev–Trinajstić information content (AvgIpc) is 1.49. The first-order chi connectivity index (χ1) is 54.7. The first-order valence-electron chi connectivity index (χ1n) is 40.2. The first-order valence-corrected chi connectivity index (χ1v) is 40.2. The molecule has 5 fully saturated rings. The number of likely N-dealkylation sites (tertiary alicyclic amines) is 1. The number of amides is 8. The highest BCUT2D eigenvalue weighted by atomic mass is 16.6. The topological polar surface area (TPSA) is 490 Å². The molecule has 115 heavy (non-hydrogen) atoms. The van der Waals surface area contributed by atoms with Crippen molar-refractivity contribution in [3.8, 4) is 5.75 Å². The highest BCUT2D eigenvalue weighted by Crippen LogP contribution is 2.68. The summed E-state index contributed by atoms with van der Waals surface area (Å²) in [5.41, 5.74) is 1.18. The van der Waals surface area contributed by atoms with E-state index in [2.05, 4.69) is 46.7 Å². The van der Waals surface area contributed by atoms with Gasteiger partial charge in [-0.05, 0) is 118 Å². The number of nitrogens with two attached hydrogens (primary N) is 1. The Morgan fingerprint density at radius 1 is 0.722 bits per heavy atom. The van der Waals surface area contributed by atoms with E-state index in [0.717, 1.165) is 30.0 Å². The molecule has 2 bridgehead atoms. The number of nitrogens with zero attached hydrogens (tertiary/aromatic N) is 4. The number of benzene rings is 2. The summed E-state index contributed by atoms with van der Waals surface area (Å²) >= 11 is 0.